The number of hydrogen-bond acceptors (Lipinski definition) is 5. The highest BCUT2D eigenvalue weighted by atomic mass is 16.6. The predicted molar refractivity (Wildman–Crippen MR) is 63.3 cm³/mol. The van der Waals surface area contributed by atoms with Gasteiger partial charge in [-0.15, -0.1) is 10.2 Å². The second-order valence-electron chi connectivity index (χ2n) is 3.61. The number of non-ortho nitro benzene ring substituents is 1. The Labute approximate surface area is 97.3 Å². The Kier molecular flexibility index (Phi) is 2.70. The molecule has 0 saturated heterocycles. The van der Waals surface area contributed by atoms with E-state index in [9.17, 15) is 10.1 Å². The van der Waals surface area contributed by atoms with Gasteiger partial charge in [0.2, 0.25) is 0 Å². The van der Waals surface area contributed by atoms with E-state index in [0.29, 0.717) is 17.1 Å². The largest absolute Gasteiger partial charge is 0.382 e. The molecule has 1 heterocycles. The molecule has 2 rings (SSSR count). The number of aromatic nitrogens is 2. The van der Waals surface area contributed by atoms with Gasteiger partial charge < -0.3 is 5.73 Å². The first-order valence-corrected chi connectivity index (χ1v) is 4.92. The van der Waals surface area contributed by atoms with Crippen LogP contribution in [0.3, 0.4) is 0 Å². The Bertz CT molecular complexity index is 583. The molecule has 0 atom stereocenters. The fraction of sp³-hybridized carbons (Fsp3) is 0.0909. The summed E-state index contributed by atoms with van der Waals surface area (Å²) in [5, 5.41) is 18.4. The van der Waals surface area contributed by atoms with Crippen molar-refractivity contribution in [1.29, 1.82) is 0 Å². The minimum absolute atomic E-state index is 0.0283. The highest BCUT2D eigenvalue weighted by Gasteiger charge is 2.10. The molecule has 17 heavy (non-hydrogen) atoms. The Balaban J connectivity index is 2.53. The average molecular weight is 230 g/mol. The van der Waals surface area contributed by atoms with E-state index in [4.69, 9.17) is 5.73 Å². The van der Waals surface area contributed by atoms with Gasteiger partial charge in [-0.2, -0.15) is 0 Å². The lowest BCUT2D eigenvalue weighted by molar-refractivity contribution is -0.384. The number of nitrogen functional groups attached to an aromatic ring is 1. The summed E-state index contributed by atoms with van der Waals surface area (Å²) in [6, 6.07) is 7.95. The van der Waals surface area contributed by atoms with E-state index in [0.717, 1.165) is 5.56 Å². The topological polar surface area (TPSA) is 94.9 Å². The Morgan fingerprint density at radius 3 is 2.71 bits per heavy atom. The third-order valence-corrected chi connectivity index (χ3v) is 2.33. The number of nitro benzene ring substituents is 1. The number of rotatable bonds is 2. The van der Waals surface area contributed by atoms with Gasteiger partial charge in [0.1, 0.15) is 5.82 Å². The number of benzene rings is 1. The Morgan fingerprint density at radius 1 is 1.29 bits per heavy atom. The van der Waals surface area contributed by atoms with Gasteiger partial charge in [-0.25, -0.2) is 0 Å². The quantitative estimate of drug-likeness (QED) is 0.628. The van der Waals surface area contributed by atoms with Crippen LogP contribution in [0.15, 0.2) is 30.3 Å². The molecular formula is C11H10N4O2. The van der Waals surface area contributed by atoms with Crippen LogP contribution in [-0.4, -0.2) is 15.1 Å². The van der Waals surface area contributed by atoms with E-state index in [2.05, 4.69) is 10.2 Å². The number of nitro groups is 1. The van der Waals surface area contributed by atoms with Crippen molar-refractivity contribution in [2.45, 2.75) is 6.92 Å². The average Bonchev–Trinajstić information content (AvgIpc) is 2.29. The standard InChI is InChI=1S/C11H10N4O2/c1-7-5-10(12)13-14-11(7)8-3-2-4-9(6-8)15(16)17/h2-6H,1H3,(H2,12,13). The summed E-state index contributed by atoms with van der Waals surface area (Å²) in [5.74, 6) is 0.330. The molecule has 0 unspecified atom stereocenters. The second kappa shape index (κ2) is 4.17. The summed E-state index contributed by atoms with van der Waals surface area (Å²) in [6.45, 7) is 1.83. The van der Waals surface area contributed by atoms with Crippen LogP contribution in [-0.2, 0) is 0 Å². The summed E-state index contributed by atoms with van der Waals surface area (Å²) in [5.41, 5.74) is 7.62. The zero-order valence-electron chi connectivity index (χ0n) is 9.12. The van der Waals surface area contributed by atoms with Gasteiger partial charge in [0, 0.05) is 17.7 Å². The summed E-state index contributed by atoms with van der Waals surface area (Å²) in [6.07, 6.45) is 0. The maximum atomic E-state index is 10.7. The van der Waals surface area contributed by atoms with E-state index in [1.807, 2.05) is 6.92 Å². The third kappa shape index (κ3) is 2.20. The van der Waals surface area contributed by atoms with Gasteiger partial charge >= 0.3 is 0 Å². The molecule has 6 heteroatoms. The summed E-state index contributed by atoms with van der Waals surface area (Å²) in [7, 11) is 0. The van der Waals surface area contributed by atoms with Crippen LogP contribution in [0.5, 0.6) is 0 Å². The highest BCUT2D eigenvalue weighted by molar-refractivity contribution is 5.65. The maximum Gasteiger partial charge on any atom is 0.270 e. The van der Waals surface area contributed by atoms with Crippen LogP contribution in [0.1, 0.15) is 5.56 Å². The zero-order chi connectivity index (χ0) is 12.4. The number of nitrogens with two attached hydrogens (primary N) is 1. The lowest BCUT2D eigenvalue weighted by Gasteiger charge is -2.04. The molecule has 0 amide bonds. The summed E-state index contributed by atoms with van der Waals surface area (Å²) in [4.78, 5) is 10.2. The molecule has 0 saturated carbocycles. The lowest BCUT2D eigenvalue weighted by Crippen LogP contribution is -1.97. The lowest BCUT2D eigenvalue weighted by atomic mass is 10.1. The first-order chi connectivity index (χ1) is 8.08. The van der Waals surface area contributed by atoms with Crippen molar-refractivity contribution >= 4 is 11.5 Å². The molecular weight excluding hydrogens is 220 g/mol. The molecule has 1 aromatic heterocycles. The van der Waals surface area contributed by atoms with Crippen LogP contribution in [0.25, 0.3) is 11.3 Å². The summed E-state index contributed by atoms with van der Waals surface area (Å²) < 4.78 is 0. The fourth-order valence-corrected chi connectivity index (χ4v) is 1.56. The van der Waals surface area contributed by atoms with Crippen LogP contribution in [0, 0.1) is 17.0 Å². The first kappa shape index (κ1) is 11.0. The smallest absolute Gasteiger partial charge is 0.270 e. The van der Waals surface area contributed by atoms with E-state index < -0.39 is 4.92 Å². The molecule has 0 fully saturated rings. The monoisotopic (exact) mass is 230 g/mol. The minimum atomic E-state index is -0.441. The second-order valence-corrected chi connectivity index (χ2v) is 3.61. The van der Waals surface area contributed by atoms with Gasteiger partial charge in [-0.1, -0.05) is 12.1 Å². The van der Waals surface area contributed by atoms with Gasteiger partial charge in [0.25, 0.3) is 5.69 Å². The van der Waals surface area contributed by atoms with Crippen LogP contribution in [0.4, 0.5) is 11.5 Å². The number of nitrogens with zero attached hydrogens (tertiary/aromatic N) is 3. The summed E-state index contributed by atoms with van der Waals surface area (Å²) >= 11 is 0. The molecule has 0 bridgehead atoms. The van der Waals surface area contributed by atoms with Crippen molar-refractivity contribution in [1.82, 2.24) is 10.2 Å². The predicted octanol–water partition coefficient (Wildman–Crippen LogP) is 1.94. The molecule has 1 aromatic carbocycles. The third-order valence-electron chi connectivity index (χ3n) is 2.33. The van der Waals surface area contributed by atoms with Gasteiger partial charge in [0.05, 0.1) is 10.6 Å². The molecule has 86 valence electrons. The van der Waals surface area contributed by atoms with Crippen molar-refractivity contribution in [3.05, 3.63) is 46.0 Å². The molecule has 0 aliphatic rings. The molecule has 2 aromatic rings. The molecule has 0 spiro atoms. The number of aryl methyl sites for hydroxylation is 1. The van der Waals surface area contributed by atoms with Crippen LogP contribution in [0.2, 0.25) is 0 Å². The first-order valence-electron chi connectivity index (χ1n) is 4.92. The van der Waals surface area contributed by atoms with Gasteiger partial charge in [-0.3, -0.25) is 10.1 Å². The van der Waals surface area contributed by atoms with E-state index in [1.54, 1.807) is 18.2 Å². The molecule has 0 radical (unpaired) electrons. The van der Waals surface area contributed by atoms with Crippen molar-refractivity contribution in [2.75, 3.05) is 5.73 Å². The van der Waals surface area contributed by atoms with Crippen LogP contribution < -0.4 is 5.73 Å². The molecule has 6 nitrogen and oxygen atoms in total. The molecule has 0 aliphatic carbocycles. The van der Waals surface area contributed by atoms with E-state index in [-0.39, 0.29) is 5.69 Å². The van der Waals surface area contributed by atoms with Crippen molar-refractivity contribution in [3.63, 3.8) is 0 Å². The van der Waals surface area contributed by atoms with Crippen molar-refractivity contribution < 1.29 is 4.92 Å². The SMILES string of the molecule is Cc1cc(N)nnc1-c1cccc([N+](=O)[O-])c1. The van der Waals surface area contributed by atoms with Crippen molar-refractivity contribution in [3.8, 4) is 11.3 Å². The normalized spacial score (nSPS) is 10.2. The van der Waals surface area contributed by atoms with Gasteiger partial charge in [-0.05, 0) is 18.6 Å². The fourth-order valence-electron chi connectivity index (χ4n) is 1.56. The molecule has 0 aliphatic heterocycles. The van der Waals surface area contributed by atoms with Gasteiger partial charge in [0.15, 0.2) is 0 Å². The zero-order valence-corrected chi connectivity index (χ0v) is 9.12. The van der Waals surface area contributed by atoms with E-state index >= 15 is 0 Å². The Hall–Kier alpha value is -2.50. The highest BCUT2D eigenvalue weighted by Crippen LogP contribution is 2.24. The van der Waals surface area contributed by atoms with E-state index in [1.165, 1.54) is 12.1 Å². The number of anilines is 1. The minimum Gasteiger partial charge on any atom is -0.382 e. The Morgan fingerprint density at radius 2 is 2.06 bits per heavy atom. The van der Waals surface area contributed by atoms with Crippen molar-refractivity contribution in [2.24, 2.45) is 0 Å². The number of hydrogen-bond donors (Lipinski definition) is 1. The molecule has 2 N–H and O–H groups in total. The maximum absolute atomic E-state index is 10.7. The van der Waals surface area contributed by atoms with Crippen LogP contribution >= 0.6 is 0 Å².